The second kappa shape index (κ2) is 7.71. The van der Waals surface area contributed by atoms with Gasteiger partial charge in [-0.15, -0.1) is 0 Å². The van der Waals surface area contributed by atoms with Crippen LogP contribution >= 0.6 is 11.6 Å². The van der Waals surface area contributed by atoms with E-state index in [2.05, 4.69) is 5.32 Å². The summed E-state index contributed by atoms with van der Waals surface area (Å²) in [7, 11) is 0. The van der Waals surface area contributed by atoms with Gasteiger partial charge in [0.05, 0.1) is 12.3 Å². The van der Waals surface area contributed by atoms with Crippen LogP contribution in [0.5, 0.6) is 5.75 Å². The van der Waals surface area contributed by atoms with E-state index in [1.54, 1.807) is 18.2 Å². The van der Waals surface area contributed by atoms with Crippen molar-refractivity contribution < 1.29 is 9.53 Å². The number of ether oxygens (including phenoxy) is 1. The minimum atomic E-state index is -0.0602. The number of benzene rings is 2. The van der Waals surface area contributed by atoms with Gasteiger partial charge in [0.25, 0.3) is 0 Å². The zero-order valence-electron chi connectivity index (χ0n) is 12.4. The molecule has 0 atom stereocenters. The molecule has 2 aromatic rings. The van der Waals surface area contributed by atoms with E-state index in [0.29, 0.717) is 35.9 Å². The van der Waals surface area contributed by atoms with Crippen molar-refractivity contribution in [2.45, 2.75) is 19.8 Å². The van der Waals surface area contributed by atoms with Crippen molar-refractivity contribution in [2.75, 3.05) is 17.7 Å². The Morgan fingerprint density at radius 2 is 2.05 bits per heavy atom. The molecule has 4 nitrogen and oxygen atoms in total. The lowest BCUT2D eigenvalue weighted by Crippen LogP contribution is -2.13. The normalized spacial score (nSPS) is 10.3. The third-order valence-corrected chi connectivity index (χ3v) is 3.43. The molecule has 0 aliphatic heterocycles. The lowest BCUT2D eigenvalue weighted by molar-refractivity contribution is -0.116. The highest BCUT2D eigenvalue weighted by Crippen LogP contribution is 2.21. The lowest BCUT2D eigenvalue weighted by atomic mass is 10.2. The van der Waals surface area contributed by atoms with E-state index >= 15 is 0 Å². The summed E-state index contributed by atoms with van der Waals surface area (Å²) in [6, 6.07) is 12.7. The first-order chi connectivity index (χ1) is 10.6. The summed E-state index contributed by atoms with van der Waals surface area (Å²) < 4.78 is 5.55. The third-order valence-electron chi connectivity index (χ3n) is 3.20. The predicted octanol–water partition coefficient (Wildman–Crippen LogP) is 4.03. The lowest BCUT2D eigenvalue weighted by Gasteiger charge is -2.10. The average molecular weight is 319 g/mol. The Bertz CT molecular complexity index is 659. The molecule has 2 rings (SSSR count). The molecule has 116 valence electrons. The van der Waals surface area contributed by atoms with Crippen LogP contribution in [-0.2, 0) is 4.79 Å². The molecule has 5 heteroatoms. The van der Waals surface area contributed by atoms with Crippen molar-refractivity contribution in [3.8, 4) is 5.75 Å². The number of amides is 1. The molecular formula is C17H19ClN2O2. The van der Waals surface area contributed by atoms with Gasteiger partial charge >= 0.3 is 0 Å². The summed E-state index contributed by atoms with van der Waals surface area (Å²) >= 11 is 5.93. The van der Waals surface area contributed by atoms with Crippen molar-refractivity contribution in [1.82, 2.24) is 0 Å². The number of carbonyl (C=O) groups excluding carboxylic acids is 1. The molecule has 0 aliphatic rings. The fourth-order valence-electron chi connectivity index (χ4n) is 1.97. The summed E-state index contributed by atoms with van der Waals surface area (Å²) in [5.41, 5.74) is 8.10. The Morgan fingerprint density at radius 1 is 1.27 bits per heavy atom. The van der Waals surface area contributed by atoms with Crippen LogP contribution in [0, 0.1) is 6.92 Å². The number of halogens is 1. The first kappa shape index (κ1) is 16.2. The first-order valence-corrected chi connectivity index (χ1v) is 7.47. The number of anilines is 2. The fourth-order valence-corrected chi connectivity index (χ4v) is 2.14. The molecule has 0 unspecified atom stereocenters. The molecule has 1 amide bonds. The van der Waals surface area contributed by atoms with Crippen LogP contribution in [0.1, 0.15) is 18.4 Å². The number of para-hydroxylation sites is 2. The zero-order chi connectivity index (χ0) is 15.9. The monoisotopic (exact) mass is 318 g/mol. The molecule has 0 aliphatic carbocycles. The van der Waals surface area contributed by atoms with E-state index in [1.165, 1.54) is 0 Å². The van der Waals surface area contributed by atoms with Crippen molar-refractivity contribution in [1.29, 1.82) is 0 Å². The van der Waals surface area contributed by atoms with Crippen molar-refractivity contribution >= 4 is 28.9 Å². The molecule has 0 aromatic heterocycles. The SMILES string of the molecule is Cc1ccc(Cl)cc1NC(=O)CCCOc1ccccc1N. The Kier molecular flexibility index (Phi) is 5.67. The summed E-state index contributed by atoms with van der Waals surface area (Å²) in [4.78, 5) is 11.9. The van der Waals surface area contributed by atoms with Gasteiger partial charge in [-0.25, -0.2) is 0 Å². The Hall–Kier alpha value is -2.20. The maximum absolute atomic E-state index is 11.9. The van der Waals surface area contributed by atoms with E-state index < -0.39 is 0 Å². The van der Waals surface area contributed by atoms with E-state index in [9.17, 15) is 4.79 Å². The Labute approximate surface area is 135 Å². The van der Waals surface area contributed by atoms with Gasteiger partial charge in [0.1, 0.15) is 5.75 Å². The number of carbonyl (C=O) groups is 1. The summed E-state index contributed by atoms with van der Waals surface area (Å²) in [5.74, 6) is 0.587. The van der Waals surface area contributed by atoms with Crippen LogP contribution in [0.2, 0.25) is 5.02 Å². The molecule has 0 saturated heterocycles. The predicted molar refractivity (Wildman–Crippen MR) is 90.4 cm³/mol. The highest BCUT2D eigenvalue weighted by atomic mass is 35.5. The topological polar surface area (TPSA) is 64.3 Å². The van der Waals surface area contributed by atoms with Gasteiger partial charge in [0.2, 0.25) is 5.91 Å². The second-order valence-electron chi connectivity index (χ2n) is 5.00. The number of nitrogen functional groups attached to an aromatic ring is 1. The highest BCUT2D eigenvalue weighted by molar-refractivity contribution is 6.31. The van der Waals surface area contributed by atoms with Crippen molar-refractivity contribution in [3.63, 3.8) is 0 Å². The largest absolute Gasteiger partial charge is 0.491 e. The molecule has 22 heavy (non-hydrogen) atoms. The number of nitrogens with one attached hydrogen (secondary N) is 1. The number of aryl methyl sites for hydroxylation is 1. The zero-order valence-corrected chi connectivity index (χ0v) is 13.2. The van der Waals surface area contributed by atoms with Gasteiger partial charge in [-0.1, -0.05) is 29.8 Å². The third kappa shape index (κ3) is 4.67. The highest BCUT2D eigenvalue weighted by Gasteiger charge is 2.06. The van der Waals surface area contributed by atoms with Gasteiger partial charge in [-0.2, -0.15) is 0 Å². The van der Waals surface area contributed by atoms with Crippen molar-refractivity contribution in [3.05, 3.63) is 53.1 Å². The van der Waals surface area contributed by atoms with Crippen LogP contribution in [0.25, 0.3) is 0 Å². The van der Waals surface area contributed by atoms with Gasteiger partial charge in [-0.05, 0) is 43.2 Å². The fraction of sp³-hybridized carbons (Fsp3) is 0.235. The van der Waals surface area contributed by atoms with Crippen molar-refractivity contribution in [2.24, 2.45) is 0 Å². The minimum absolute atomic E-state index is 0.0602. The molecule has 0 saturated carbocycles. The van der Waals surface area contributed by atoms with Crippen LogP contribution in [0.3, 0.4) is 0 Å². The van der Waals surface area contributed by atoms with E-state index in [1.807, 2.05) is 31.2 Å². The Morgan fingerprint density at radius 3 is 2.82 bits per heavy atom. The quantitative estimate of drug-likeness (QED) is 0.624. The van der Waals surface area contributed by atoms with E-state index in [-0.39, 0.29) is 5.91 Å². The molecule has 0 bridgehead atoms. The molecule has 3 N–H and O–H groups in total. The molecule has 0 spiro atoms. The van der Waals surface area contributed by atoms with E-state index in [0.717, 1.165) is 11.3 Å². The van der Waals surface area contributed by atoms with Gasteiger partial charge in [-0.3, -0.25) is 4.79 Å². The summed E-state index contributed by atoms with van der Waals surface area (Å²) in [6.45, 7) is 2.36. The number of hydrogen-bond acceptors (Lipinski definition) is 3. The molecule has 0 heterocycles. The second-order valence-corrected chi connectivity index (χ2v) is 5.43. The van der Waals surface area contributed by atoms with E-state index in [4.69, 9.17) is 22.1 Å². The summed E-state index contributed by atoms with van der Waals surface area (Å²) in [6.07, 6.45) is 0.985. The molecule has 0 radical (unpaired) electrons. The minimum Gasteiger partial charge on any atom is -0.491 e. The average Bonchev–Trinajstić information content (AvgIpc) is 2.49. The maximum atomic E-state index is 11.9. The number of nitrogens with two attached hydrogens (primary N) is 1. The smallest absolute Gasteiger partial charge is 0.224 e. The van der Waals surface area contributed by atoms with Crippen LogP contribution in [-0.4, -0.2) is 12.5 Å². The van der Waals surface area contributed by atoms with Gasteiger partial charge < -0.3 is 15.8 Å². The maximum Gasteiger partial charge on any atom is 0.224 e. The van der Waals surface area contributed by atoms with Gasteiger partial charge in [0, 0.05) is 17.1 Å². The van der Waals surface area contributed by atoms with Crippen LogP contribution < -0.4 is 15.8 Å². The number of rotatable bonds is 6. The Balaban J connectivity index is 1.76. The van der Waals surface area contributed by atoms with Gasteiger partial charge in [0.15, 0.2) is 0 Å². The summed E-state index contributed by atoms with van der Waals surface area (Å²) in [5, 5.41) is 3.46. The molecular weight excluding hydrogens is 300 g/mol. The molecule has 2 aromatic carbocycles. The first-order valence-electron chi connectivity index (χ1n) is 7.09. The number of hydrogen-bond donors (Lipinski definition) is 2. The van der Waals surface area contributed by atoms with Crippen LogP contribution in [0.15, 0.2) is 42.5 Å². The molecule has 0 fully saturated rings. The standard InChI is InChI=1S/C17H19ClN2O2/c1-12-8-9-13(18)11-15(12)20-17(21)7-4-10-22-16-6-3-2-5-14(16)19/h2-3,5-6,8-9,11H,4,7,10,19H2,1H3,(H,20,21). The van der Waals surface area contributed by atoms with Crippen LogP contribution in [0.4, 0.5) is 11.4 Å².